The number of esters is 2. The molecule has 0 amide bonds. The molecule has 0 aliphatic heterocycles. The number of rotatable bonds is 6. The van der Waals surface area contributed by atoms with Crippen molar-refractivity contribution in [2.45, 2.75) is 23.6 Å². The fraction of sp³-hybridized carbons (Fsp3) is 0.364. The van der Waals surface area contributed by atoms with Crippen LogP contribution in [0.4, 0.5) is 0 Å². The van der Waals surface area contributed by atoms with E-state index in [2.05, 4.69) is 31.9 Å². The van der Waals surface area contributed by atoms with Gasteiger partial charge in [-0.25, -0.2) is 9.59 Å². The quantitative estimate of drug-likeness (QED) is 0.251. The van der Waals surface area contributed by atoms with Crippen molar-refractivity contribution in [2.24, 2.45) is 0 Å². The highest BCUT2D eigenvalue weighted by Crippen LogP contribution is 2.52. The Labute approximate surface area is 224 Å². The molecule has 0 aliphatic rings. The minimum atomic E-state index is -1.88. The molecule has 0 N–H and O–H groups in total. The van der Waals surface area contributed by atoms with E-state index >= 15 is 0 Å². The molecule has 6 nitrogen and oxygen atoms in total. The van der Waals surface area contributed by atoms with E-state index in [0.717, 1.165) is 0 Å². The molecular weight excluding hydrogens is 626 g/mol. The third-order valence-electron chi connectivity index (χ3n) is 5.18. The molecule has 0 bridgehead atoms. The minimum Gasteiger partial charge on any atom is -0.495 e. The topological polar surface area (TPSA) is 71.1 Å². The number of carbonyl (C=O) groups is 2. The molecular formula is C22H21Br2Cl3O6. The zero-order valence-electron chi connectivity index (χ0n) is 18.6. The van der Waals surface area contributed by atoms with Gasteiger partial charge in [-0.05, 0) is 80.1 Å². The summed E-state index contributed by atoms with van der Waals surface area (Å²) in [4.78, 5) is 25.0. The maximum Gasteiger partial charge on any atom is 0.341 e. The van der Waals surface area contributed by atoms with Crippen LogP contribution in [-0.2, 0) is 9.47 Å². The first kappa shape index (κ1) is 28.1. The van der Waals surface area contributed by atoms with E-state index in [-0.39, 0.29) is 22.6 Å². The van der Waals surface area contributed by atoms with Gasteiger partial charge in [0, 0.05) is 0 Å². The van der Waals surface area contributed by atoms with Crippen LogP contribution in [0.15, 0.2) is 21.1 Å². The van der Waals surface area contributed by atoms with Gasteiger partial charge in [-0.1, -0.05) is 34.8 Å². The highest BCUT2D eigenvalue weighted by atomic mass is 79.9. The molecule has 0 fully saturated rings. The van der Waals surface area contributed by atoms with Crippen LogP contribution >= 0.6 is 66.7 Å². The van der Waals surface area contributed by atoms with Crippen molar-refractivity contribution in [3.8, 4) is 11.5 Å². The lowest BCUT2D eigenvalue weighted by molar-refractivity contribution is 0.0587. The van der Waals surface area contributed by atoms with Gasteiger partial charge in [0.2, 0.25) is 3.79 Å². The van der Waals surface area contributed by atoms with Crippen molar-refractivity contribution in [3.05, 3.63) is 54.5 Å². The van der Waals surface area contributed by atoms with E-state index in [1.165, 1.54) is 28.4 Å². The van der Waals surface area contributed by atoms with Crippen LogP contribution in [0.5, 0.6) is 11.5 Å². The van der Waals surface area contributed by atoms with E-state index in [0.29, 0.717) is 31.2 Å². The number of hydrogen-bond donors (Lipinski definition) is 0. The van der Waals surface area contributed by atoms with Crippen LogP contribution < -0.4 is 9.47 Å². The lowest BCUT2D eigenvalue weighted by atomic mass is 9.84. The Morgan fingerprint density at radius 2 is 1.12 bits per heavy atom. The summed E-state index contributed by atoms with van der Waals surface area (Å²) >= 11 is 26.5. The van der Waals surface area contributed by atoms with Crippen molar-refractivity contribution < 1.29 is 28.5 Å². The standard InChI is InChI=1S/C22H21Br2Cl3O6/c1-9-11(7-13(20(28)32-5)18(30-3)16(9)23)15(22(25,26)27)12-8-14(21(29)33-6)19(31-4)17(24)10(12)2/h7-8,15H,1-6H3. The van der Waals surface area contributed by atoms with Crippen molar-refractivity contribution in [1.82, 2.24) is 0 Å². The summed E-state index contributed by atoms with van der Waals surface area (Å²) in [5, 5.41) is 0. The van der Waals surface area contributed by atoms with E-state index in [4.69, 9.17) is 53.8 Å². The molecule has 0 aromatic heterocycles. The van der Waals surface area contributed by atoms with Gasteiger partial charge in [-0.3, -0.25) is 0 Å². The number of benzene rings is 2. The molecule has 0 saturated carbocycles. The molecule has 33 heavy (non-hydrogen) atoms. The average molecular weight is 648 g/mol. The molecule has 0 saturated heterocycles. The van der Waals surface area contributed by atoms with Crippen LogP contribution in [0.3, 0.4) is 0 Å². The first-order valence-corrected chi connectivity index (χ1v) is 12.0. The summed E-state index contributed by atoms with van der Waals surface area (Å²) in [6, 6.07) is 3.12. The Hall–Kier alpha value is -1.19. The van der Waals surface area contributed by atoms with E-state index in [9.17, 15) is 9.59 Å². The molecule has 180 valence electrons. The monoisotopic (exact) mass is 644 g/mol. The summed E-state index contributed by atoms with van der Waals surface area (Å²) in [6.45, 7) is 3.59. The van der Waals surface area contributed by atoms with Crippen LogP contribution in [-0.4, -0.2) is 44.2 Å². The van der Waals surface area contributed by atoms with Crippen LogP contribution in [0.2, 0.25) is 0 Å². The number of ether oxygens (including phenoxy) is 4. The van der Waals surface area contributed by atoms with Gasteiger partial charge < -0.3 is 18.9 Å². The molecule has 0 unspecified atom stereocenters. The molecule has 11 heteroatoms. The number of methoxy groups -OCH3 is 4. The number of alkyl halides is 3. The van der Waals surface area contributed by atoms with Gasteiger partial charge in [0.25, 0.3) is 0 Å². The average Bonchev–Trinajstić information content (AvgIpc) is 2.77. The molecule has 0 atom stereocenters. The van der Waals surface area contributed by atoms with Crippen molar-refractivity contribution in [3.63, 3.8) is 0 Å². The Morgan fingerprint density at radius 1 is 0.788 bits per heavy atom. The predicted molar refractivity (Wildman–Crippen MR) is 136 cm³/mol. The van der Waals surface area contributed by atoms with Gasteiger partial charge in [0.15, 0.2) is 0 Å². The minimum absolute atomic E-state index is 0.144. The SMILES string of the molecule is COC(=O)c1cc(C(c2cc(C(=O)OC)c(OC)c(Br)c2C)C(Cl)(Cl)Cl)c(C)c(Br)c1OC. The summed E-state index contributed by atoms with van der Waals surface area (Å²) in [5.74, 6) is -1.58. The van der Waals surface area contributed by atoms with Crippen molar-refractivity contribution in [1.29, 1.82) is 0 Å². The summed E-state index contributed by atoms with van der Waals surface area (Å²) in [5.41, 5.74) is 2.65. The Kier molecular flexibility index (Phi) is 9.38. The van der Waals surface area contributed by atoms with Crippen LogP contribution in [0, 0.1) is 13.8 Å². The summed E-state index contributed by atoms with van der Waals surface area (Å²) < 4.78 is 19.8. The van der Waals surface area contributed by atoms with E-state index < -0.39 is 21.6 Å². The zero-order chi connectivity index (χ0) is 25.2. The largest absolute Gasteiger partial charge is 0.495 e. The van der Waals surface area contributed by atoms with Crippen LogP contribution in [0.1, 0.15) is 48.9 Å². The number of carbonyl (C=O) groups excluding carboxylic acids is 2. The summed E-state index contributed by atoms with van der Waals surface area (Å²) in [7, 11) is 5.39. The highest BCUT2D eigenvalue weighted by Gasteiger charge is 2.40. The first-order valence-electron chi connectivity index (χ1n) is 9.32. The zero-order valence-corrected chi connectivity index (χ0v) is 24.0. The molecule has 2 aromatic rings. The van der Waals surface area contributed by atoms with Gasteiger partial charge in [-0.15, -0.1) is 0 Å². The van der Waals surface area contributed by atoms with Crippen molar-refractivity contribution in [2.75, 3.05) is 28.4 Å². The molecule has 0 spiro atoms. The molecule has 0 aliphatic carbocycles. The second kappa shape index (κ2) is 11.0. The third kappa shape index (κ3) is 5.40. The Bertz CT molecular complexity index is 1020. The molecule has 0 radical (unpaired) electrons. The second-order valence-corrected chi connectivity index (χ2v) is 10.9. The van der Waals surface area contributed by atoms with Gasteiger partial charge in [0.05, 0.1) is 43.3 Å². The molecule has 0 heterocycles. The maximum absolute atomic E-state index is 12.5. The van der Waals surface area contributed by atoms with Gasteiger partial charge in [0.1, 0.15) is 22.6 Å². The highest BCUT2D eigenvalue weighted by molar-refractivity contribution is 9.11. The normalized spacial score (nSPS) is 11.4. The maximum atomic E-state index is 12.5. The van der Waals surface area contributed by atoms with Gasteiger partial charge in [-0.2, -0.15) is 0 Å². The lowest BCUT2D eigenvalue weighted by Gasteiger charge is -2.30. The fourth-order valence-electron chi connectivity index (χ4n) is 3.53. The summed E-state index contributed by atoms with van der Waals surface area (Å²) in [6.07, 6.45) is 0. The number of hydrogen-bond acceptors (Lipinski definition) is 6. The second-order valence-electron chi connectivity index (χ2n) is 6.93. The van der Waals surface area contributed by atoms with Crippen molar-refractivity contribution >= 4 is 78.6 Å². The first-order chi connectivity index (χ1) is 15.3. The van der Waals surface area contributed by atoms with Crippen LogP contribution in [0.25, 0.3) is 0 Å². The predicted octanol–water partition coefficient (Wildman–Crippen LogP) is 6.92. The number of halogens is 5. The fourth-order valence-corrected chi connectivity index (χ4v) is 5.45. The lowest BCUT2D eigenvalue weighted by Crippen LogP contribution is -2.23. The third-order valence-corrected chi connectivity index (χ3v) is 7.74. The van der Waals surface area contributed by atoms with E-state index in [1.54, 1.807) is 26.0 Å². The molecule has 2 aromatic carbocycles. The Balaban J connectivity index is 3.00. The van der Waals surface area contributed by atoms with E-state index in [1.807, 2.05) is 0 Å². The Morgan fingerprint density at radius 3 is 1.36 bits per heavy atom. The smallest absolute Gasteiger partial charge is 0.341 e. The van der Waals surface area contributed by atoms with Gasteiger partial charge >= 0.3 is 11.9 Å². The molecule has 2 rings (SSSR count).